The van der Waals surface area contributed by atoms with Crippen molar-refractivity contribution < 1.29 is 44.6 Å². The smallest absolute Gasteiger partial charge is 0.548 e. The van der Waals surface area contributed by atoms with Gasteiger partial charge in [0.05, 0.1) is 18.1 Å². The molecule has 2 N–H and O–H groups in total. The Labute approximate surface area is 107 Å². The summed E-state index contributed by atoms with van der Waals surface area (Å²) >= 11 is 0. The molecule has 14 heavy (non-hydrogen) atoms. The zero-order valence-electron chi connectivity index (χ0n) is 9.68. The maximum absolute atomic E-state index is 10.8. The van der Waals surface area contributed by atoms with Gasteiger partial charge in [-0.15, -0.1) is 0 Å². The summed E-state index contributed by atoms with van der Waals surface area (Å²) < 4.78 is 0. The summed E-state index contributed by atoms with van der Waals surface area (Å²) in [6, 6.07) is 0. The van der Waals surface area contributed by atoms with Crippen molar-refractivity contribution in [2.24, 2.45) is 0 Å². The molecule has 78 valence electrons. The van der Waals surface area contributed by atoms with Gasteiger partial charge in [0.25, 0.3) is 0 Å². The second kappa shape index (κ2) is 6.08. The van der Waals surface area contributed by atoms with Crippen molar-refractivity contribution in [3.63, 3.8) is 0 Å². The Morgan fingerprint density at radius 1 is 1.43 bits per heavy atom. The van der Waals surface area contributed by atoms with Crippen LogP contribution in [0.4, 0.5) is 0 Å². The quantitative estimate of drug-likeness (QED) is 0.459. The molecular formula is C9H18NNaO3. The molecule has 0 aliphatic rings. The van der Waals surface area contributed by atoms with E-state index in [9.17, 15) is 9.90 Å². The molecule has 0 saturated carbocycles. The third-order valence-electron chi connectivity index (χ3n) is 2.17. The SMILES string of the molecule is CCC(C)(NC(C)(C)CO)C(=O)[O-].[Na+]. The average molecular weight is 211 g/mol. The van der Waals surface area contributed by atoms with Gasteiger partial charge in [-0.3, -0.25) is 5.32 Å². The van der Waals surface area contributed by atoms with Gasteiger partial charge >= 0.3 is 29.6 Å². The zero-order chi connectivity index (χ0) is 10.7. The van der Waals surface area contributed by atoms with Gasteiger partial charge in [0.15, 0.2) is 0 Å². The fourth-order valence-electron chi connectivity index (χ4n) is 1.07. The molecule has 0 radical (unpaired) electrons. The van der Waals surface area contributed by atoms with Crippen LogP contribution in [0.15, 0.2) is 0 Å². The summed E-state index contributed by atoms with van der Waals surface area (Å²) in [6.07, 6.45) is 0.415. The average Bonchev–Trinajstić information content (AvgIpc) is 2.03. The first-order valence-electron chi connectivity index (χ1n) is 4.39. The summed E-state index contributed by atoms with van der Waals surface area (Å²) in [6.45, 7) is 6.68. The van der Waals surface area contributed by atoms with E-state index in [4.69, 9.17) is 5.11 Å². The van der Waals surface area contributed by atoms with Crippen LogP contribution in [0, 0.1) is 0 Å². The van der Waals surface area contributed by atoms with Crippen molar-refractivity contribution in [3.05, 3.63) is 0 Å². The van der Waals surface area contributed by atoms with Crippen LogP contribution in [0.2, 0.25) is 0 Å². The van der Waals surface area contributed by atoms with Crippen LogP contribution in [0.5, 0.6) is 0 Å². The van der Waals surface area contributed by atoms with Crippen LogP contribution in [0.1, 0.15) is 34.1 Å². The topological polar surface area (TPSA) is 72.4 Å². The number of nitrogens with one attached hydrogen (secondary N) is 1. The number of carboxylic acid groups (broad SMARTS) is 1. The molecular weight excluding hydrogens is 193 g/mol. The van der Waals surface area contributed by atoms with Crippen LogP contribution in [0.3, 0.4) is 0 Å². The van der Waals surface area contributed by atoms with E-state index in [0.717, 1.165) is 0 Å². The minimum Gasteiger partial charge on any atom is -0.548 e. The largest absolute Gasteiger partial charge is 1.00 e. The van der Waals surface area contributed by atoms with Gasteiger partial charge in [-0.05, 0) is 27.2 Å². The molecule has 0 aromatic rings. The van der Waals surface area contributed by atoms with Crippen molar-refractivity contribution in [3.8, 4) is 0 Å². The van der Waals surface area contributed by atoms with Crippen LogP contribution in [-0.2, 0) is 4.79 Å². The molecule has 0 aliphatic heterocycles. The Morgan fingerprint density at radius 3 is 2.07 bits per heavy atom. The molecule has 0 heterocycles. The van der Waals surface area contributed by atoms with Crippen molar-refractivity contribution in [2.45, 2.75) is 45.2 Å². The Morgan fingerprint density at radius 2 is 1.86 bits per heavy atom. The van der Waals surface area contributed by atoms with Crippen LogP contribution in [-0.4, -0.2) is 28.8 Å². The maximum Gasteiger partial charge on any atom is 1.00 e. The van der Waals surface area contributed by atoms with Gasteiger partial charge in [-0.2, -0.15) is 0 Å². The third-order valence-corrected chi connectivity index (χ3v) is 2.17. The summed E-state index contributed by atoms with van der Waals surface area (Å²) in [5.41, 5.74) is -1.68. The minimum absolute atomic E-state index is 0. The predicted molar refractivity (Wildman–Crippen MR) is 48.0 cm³/mol. The van der Waals surface area contributed by atoms with Crippen molar-refractivity contribution in [2.75, 3.05) is 6.61 Å². The molecule has 5 heteroatoms. The normalized spacial score (nSPS) is 15.5. The number of hydrogen-bond acceptors (Lipinski definition) is 4. The van der Waals surface area contributed by atoms with Gasteiger partial charge in [-0.1, -0.05) is 6.92 Å². The number of carbonyl (C=O) groups excluding carboxylic acids is 1. The second-order valence-electron chi connectivity index (χ2n) is 4.14. The summed E-state index contributed by atoms with van der Waals surface area (Å²) in [5.74, 6) is -1.14. The number of rotatable bonds is 5. The van der Waals surface area contributed by atoms with Gasteiger partial charge in [0.1, 0.15) is 0 Å². The molecule has 0 aliphatic carbocycles. The molecule has 0 aromatic heterocycles. The third kappa shape index (κ3) is 4.75. The van der Waals surface area contributed by atoms with E-state index in [2.05, 4.69) is 5.32 Å². The van der Waals surface area contributed by atoms with E-state index in [1.165, 1.54) is 0 Å². The standard InChI is InChI=1S/C9H19NO3.Na/c1-5-9(4,7(12)13)10-8(2,3)6-11;/h10-11H,5-6H2,1-4H3,(H,12,13);/q;+1/p-1. The Balaban J connectivity index is 0. The molecule has 0 fully saturated rings. The monoisotopic (exact) mass is 211 g/mol. The summed E-state index contributed by atoms with van der Waals surface area (Å²) in [7, 11) is 0. The van der Waals surface area contributed by atoms with Gasteiger partial charge in [0, 0.05) is 5.54 Å². The minimum atomic E-state index is -1.14. The molecule has 1 unspecified atom stereocenters. The maximum atomic E-state index is 10.8. The predicted octanol–water partition coefficient (Wildman–Crippen LogP) is -3.73. The van der Waals surface area contributed by atoms with E-state index >= 15 is 0 Å². The molecule has 0 amide bonds. The van der Waals surface area contributed by atoms with E-state index in [1.807, 2.05) is 0 Å². The van der Waals surface area contributed by atoms with E-state index in [0.29, 0.717) is 6.42 Å². The number of carbonyl (C=O) groups is 1. The Bertz CT molecular complexity index is 196. The molecule has 0 rings (SSSR count). The second-order valence-corrected chi connectivity index (χ2v) is 4.14. The Hall–Kier alpha value is 0.390. The van der Waals surface area contributed by atoms with E-state index in [1.54, 1.807) is 27.7 Å². The van der Waals surface area contributed by atoms with Gasteiger partial charge in [0.2, 0.25) is 0 Å². The number of aliphatic carboxylic acids is 1. The van der Waals surface area contributed by atoms with Crippen LogP contribution >= 0.6 is 0 Å². The van der Waals surface area contributed by atoms with E-state index in [-0.39, 0.29) is 36.2 Å². The molecule has 1 atom stereocenters. The molecule has 0 bridgehead atoms. The van der Waals surface area contributed by atoms with Crippen molar-refractivity contribution in [1.82, 2.24) is 5.32 Å². The van der Waals surface area contributed by atoms with Gasteiger partial charge in [-0.25, -0.2) is 0 Å². The summed E-state index contributed by atoms with van der Waals surface area (Å²) in [4.78, 5) is 10.8. The number of hydrogen-bond donors (Lipinski definition) is 2. The Kier molecular flexibility index (Phi) is 7.30. The van der Waals surface area contributed by atoms with Crippen LogP contribution in [0.25, 0.3) is 0 Å². The van der Waals surface area contributed by atoms with Crippen molar-refractivity contribution in [1.29, 1.82) is 0 Å². The zero-order valence-corrected chi connectivity index (χ0v) is 11.7. The molecule has 0 saturated heterocycles. The fourth-order valence-corrected chi connectivity index (χ4v) is 1.07. The fraction of sp³-hybridized carbons (Fsp3) is 0.889. The first kappa shape index (κ1) is 16.8. The number of aliphatic hydroxyl groups excluding tert-OH is 1. The number of carboxylic acids is 1. The molecule has 4 nitrogen and oxygen atoms in total. The van der Waals surface area contributed by atoms with E-state index < -0.39 is 17.0 Å². The first-order chi connectivity index (χ1) is 5.77. The first-order valence-corrected chi connectivity index (χ1v) is 4.39. The molecule has 0 aromatic carbocycles. The van der Waals surface area contributed by atoms with Crippen LogP contribution < -0.4 is 40.0 Å². The summed E-state index contributed by atoms with van der Waals surface area (Å²) in [5, 5.41) is 22.6. The van der Waals surface area contributed by atoms with Gasteiger partial charge < -0.3 is 15.0 Å². The molecule has 0 spiro atoms. The van der Waals surface area contributed by atoms with Crippen molar-refractivity contribution >= 4 is 5.97 Å². The number of aliphatic hydroxyl groups is 1.